The maximum Gasteiger partial charge on any atom is 0.0110 e. The van der Waals surface area contributed by atoms with Crippen LogP contribution in [0.4, 0.5) is 0 Å². The molecule has 0 heterocycles. The maximum atomic E-state index is 3.58. The SMILES string of the molecule is C=CCSCC. The second-order valence-corrected chi connectivity index (χ2v) is 2.27. The van der Waals surface area contributed by atoms with Crippen molar-refractivity contribution in [3.8, 4) is 0 Å². The van der Waals surface area contributed by atoms with Gasteiger partial charge in [-0.05, 0) is 5.75 Å². The Morgan fingerprint density at radius 1 is 1.83 bits per heavy atom. The van der Waals surface area contributed by atoms with Crippen molar-refractivity contribution in [3.63, 3.8) is 0 Å². The molecular weight excluding hydrogens is 92.1 g/mol. The molecule has 0 aliphatic rings. The molecule has 0 aromatic carbocycles. The topological polar surface area (TPSA) is 0 Å². The highest BCUT2D eigenvalue weighted by Gasteiger charge is 1.70. The van der Waals surface area contributed by atoms with Gasteiger partial charge in [0, 0.05) is 5.75 Å². The van der Waals surface area contributed by atoms with Crippen LogP contribution >= 0.6 is 11.8 Å². The summed E-state index contributed by atoms with van der Waals surface area (Å²) >= 11 is 1.89. The first-order valence-electron chi connectivity index (χ1n) is 2.10. The van der Waals surface area contributed by atoms with Crippen LogP contribution in [0.5, 0.6) is 0 Å². The van der Waals surface area contributed by atoms with Crippen LogP contribution in [-0.4, -0.2) is 11.5 Å². The van der Waals surface area contributed by atoms with Gasteiger partial charge in [-0.25, -0.2) is 0 Å². The van der Waals surface area contributed by atoms with Crippen molar-refractivity contribution >= 4 is 11.8 Å². The molecule has 0 bridgehead atoms. The standard InChI is InChI=1S/C5H10S/c1-3-5-6-4-2/h3H,1,4-5H2,2H3. The van der Waals surface area contributed by atoms with E-state index in [0.29, 0.717) is 0 Å². The van der Waals surface area contributed by atoms with Crippen LogP contribution in [0, 0.1) is 0 Å². The molecule has 6 heavy (non-hydrogen) atoms. The second-order valence-electron chi connectivity index (χ2n) is 0.948. The third kappa shape index (κ3) is 4.09. The molecule has 0 aromatic rings. The number of hydrogen-bond donors (Lipinski definition) is 0. The fourth-order valence-corrected chi connectivity index (χ4v) is 0.604. The summed E-state index contributed by atoms with van der Waals surface area (Å²) in [6.45, 7) is 5.72. The summed E-state index contributed by atoms with van der Waals surface area (Å²) in [4.78, 5) is 0. The molecule has 0 aromatic heterocycles. The van der Waals surface area contributed by atoms with Gasteiger partial charge in [-0.3, -0.25) is 0 Å². The Balaban J connectivity index is 2.49. The molecule has 0 nitrogen and oxygen atoms in total. The van der Waals surface area contributed by atoms with Gasteiger partial charge in [0.2, 0.25) is 0 Å². The molecule has 0 saturated carbocycles. The van der Waals surface area contributed by atoms with E-state index in [2.05, 4.69) is 13.5 Å². The van der Waals surface area contributed by atoms with Crippen molar-refractivity contribution < 1.29 is 0 Å². The molecule has 1 heteroatoms. The summed E-state index contributed by atoms with van der Waals surface area (Å²) in [6, 6.07) is 0. The van der Waals surface area contributed by atoms with Gasteiger partial charge < -0.3 is 0 Å². The van der Waals surface area contributed by atoms with Gasteiger partial charge in [0.15, 0.2) is 0 Å². The lowest BCUT2D eigenvalue weighted by atomic mass is 10.8. The molecule has 0 radical (unpaired) electrons. The van der Waals surface area contributed by atoms with Crippen LogP contribution in [0.25, 0.3) is 0 Å². The van der Waals surface area contributed by atoms with Crippen molar-refractivity contribution in [1.29, 1.82) is 0 Å². The van der Waals surface area contributed by atoms with Crippen LogP contribution in [-0.2, 0) is 0 Å². The molecule has 0 saturated heterocycles. The van der Waals surface area contributed by atoms with E-state index in [4.69, 9.17) is 0 Å². The first-order chi connectivity index (χ1) is 2.91. The van der Waals surface area contributed by atoms with Gasteiger partial charge >= 0.3 is 0 Å². The van der Waals surface area contributed by atoms with Crippen molar-refractivity contribution in [1.82, 2.24) is 0 Å². The highest BCUT2D eigenvalue weighted by Crippen LogP contribution is 1.95. The fourth-order valence-electron chi connectivity index (χ4n) is 0.201. The summed E-state index contributed by atoms with van der Waals surface area (Å²) in [5.41, 5.74) is 0. The molecule has 0 unspecified atom stereocenters. The molecule has 0 fully saturated rings. The van der Waals surface area contributed by atoms with Crippen LogP contribution < -0.4 is 0 Å². The summed E-state index contributed by atoms with van der Waals surface area (Å²) in [6.07, 6.45) is 1.92. The zero-order chi connectivity index (χ0) is 4.83. The maximum absolute atomic E-state index is 3.58. The quantitative estimate of drug-likeness (QED) is 0.387. The van der Waals surface area contributed by atoms with E-state index < -0.39 is 0 Å². The zero-order valence-corrected chi connectivity index (χ0v) is 4.92. The van der Waals surface area contributed by atoms with Crippen molar-refractivity contribution in [2.45, 2.75) is 6.92 Å². The van der Waals surface area contributed by atoms with Crippen LogP contribution in [0.1, 0.15) is 6.92 Å². The van der Waals surface area contributed by atoms with Gasteiger partial charge in [-0.2, -0.15) is 11.8 Å². The molecule has 0 atom stereocenters. The third-order valence-electron chi connectivity index (χ3n) is 0.440. The molecule has 0 aliphatic carbocycles. The molecule has 0 spiro atoms. The van der Waals surface area contributed by atoms with Crippen molar-refractivity contribution in [2.24, 2.45) is 0 Å². The lowest BCUT2D eigenvalue weighted by molar-refractivity contribution is 1.52. The van der Waals surface area contributed by atoms with Crippen LogP contribution in [0.15, 0.2) is 12.7 Å². The minimum Gasteiger partial charge on any atom is -0.158 e. The van der Waals surface area contributed by atoms with Gasteiger partial charge in [0.25, 0.3) is 0 Å². The van der Waals surface area contributed by atoms with E-state index in [0.717, 1.165) is 5.75 Å². The average molecular weight is 102 g/mol. The Morgan fingerprint density at radius 2 is 2.50 bits per heavy atom. The summed E-state index contributed by atoms with van der Waals surface area (Å²) in [5, 5.41) is 0. The Morgan fingerprint density at radius 3 is 2.67 bits per heavy atom. The largest absolute Gasteiger partial charge is 0.158 e. The third-order valence-corrected chi connectivity index (χ3v) is 1.32. The number of rotatable bonds is 3. The smallest absolute Gasteiger partial charge is 0.0110 e. The minimum absolute atomic E-state index is 1.09. The lowest BCUT2D eigenvalue weighted by Gasteiger charge is -1.83. The van der Waals surface area contributed by atoms with Gasteiger partial charge in [-0.1, -0.05) is 13.0 Å². The van der Waals surface area contributed by atoms with E-state index in [-0.39, 0.29) is 0 Å². The van der Waals surface area contributed by atoms with Crippen molar-refractivity contribution in [2.75, 3.05) is 11.5 Å². The van der Waals surface area contributed by atoms with E-state index in [1.807, 2.05) is 17.8 Å². The molecule has 0 aliphatic heterocycles. The minimum atomic E-state index is 1.09. The number of thioether (sulfide) groups is 1. The average Bonchev–Trinajstić information content (AvgIpc) is 1.61. The second kappa shape index (κ2) is 5.09. The zero-order valence-electron chi connectivity index (χ0n) is 4.11. The Hall–Kier alpha value is 0.0900. The van der Waals surface area contributed by atoms with Crippen LogP contribution in [0.3, 0.4) is 0 Å². The van der Waals surface area contributed by atoms with E-state index in [1.54, 1.807) is 0 Å². The molecule has 36 valence electrons. The van der Waals surface area contributed by atoms with Gasteiger partial charge in [0.05, 0.1) is 0 Å². The monoisotopic (exact) mass is 102 g/mol. The van der Waals surface area contributed by atoms with Gasteiger partial charge in [-0.15, -0.1) is 6.58 Å². The summed E-state index contributed by atoms with van der Waals surface area (Å²) in [5.74, 6) is 2.29. The predicted octanol–water partition coefficient (Wildman–Crippen LogP) is 1.93. The normalized spacial score (nSPS) is 8.17. The first kappa shape index (κ1) is 6.09. The molecule has 0 N–H and O–H groups in total. The molecule has 0 amide bonds. The van der Waals surface area contributed by atoms with Gasteiger partial charge in [0.1, 0.15) is 0 Å². The molecule has 0 rings (SSSR count). The Bertz CT molecular complexity index is 32.9. The number of hydrogen-bond acceptors (Lipinski definition) is 1. The van der Waals surface area contributed by atoms with E-state index in [9.17, 15) is 0 Å². The highest BCUT2D eigenvalue weighted by atomic mass is 32.2. The van der Waals surface area contributed by atoms with E-state index >= 15 is 0 Å². The first-order valence-corrected chi connectivity index (χ1v) is 3.26. The summed E-state index contributed by atoms with van der Waals surface area (Å²) < 4.78 is 0. The van der Waals surface area contributed by atoms with E-state index in [1.165, 1.54) is 5.75 Å². The van der Waals surface area contributed by atoms with Crippen molar-refractivity contribution in [3.05, 3.63) is 12.7 Å². The predicted molar refractivity (Wildman–Crippen MR) is 33.2 cm³/mol. The van der Waals surface area contributed by atoms with Crippen LogP contribution in [0.2, 0.25) is 0 Å². The summed E-state index contributed by atoms with van der Waals surface area (Å²) in [7, 11) is 0. The molecular formula is C5H10S. The Kier molecular flexibility index (Phi) is 5.17. The highest BCUT2D eigenvalue weighted by molar-refractivity contribution is 7.99. The fraction of sp³-hybridized carbons (Fsp3) is 0.600. The lowest BCUT2D eigenvalue weighted by Crippen LogP contribution is -1.67. The Labute approximate surface area is 43.6 Å².